The van der Waals surface area contributed by atoms with Crippen LogP contribution in [-0.2, 0) is 22.1 Å². The van der Waals surface area contributed by atoms with Gasteiger partial charge in [-0.15, -0.1) is 5.10 Å². The number of carbonyl (C=O) groups excluding carboxylic acids is 2. The molecule has 0 fully saturated rings. The average molecular weight is 468 g/mol. The monoisotopic (exact) mass is 467 g/mol. The summed E-state index contributed by atoms with van der Waals surface area (Å²) in [4.78, 5) is 31.3. The van der Waals surface area contributed by atoms with Gasteiger partial charge in [-0.3, -0.25) is 14.5 Å². The number of carbonyl (C=O) groups is 2. The van der Waals surface area contributed by atoms with Crippen molar-refractivity contribution in [2.45, 2.75) is 25.6 Å². The number of anilines is 1. The fourth-order valence-corrected chi connectivity index (χ4v) is 3.76. The first kappa shape index (κ1) is 22.7. The van der Waals surface area contributed by atoms with Gasteiger partial charge in [0.1, 0.15) is 18.2 Å². The average Bonchev–Trinajstić information content (AvgIpc) is 3.44. The van der Waals surface area contributed by atoms with Crippen molar-refractivity contribution in [2.75, 3.05) is 24.8 Å². The Hall–Kier alpha value is -3.44. The van der Waals surface area contributed by atoms with Crippen molar-refractivity contribution < 1.29 is 13.8 Å². The molecule has 11 heteroatoms. The molecule has 2 amide bonds. The summed E-state index contributed by atoms with van der Waals surface area (Å²) in [6, 6.07) is 10.9. The highest BCUT2D eigenvalue weighted by atomic mass is 32.2. The second-order valence-electron chi connectivity index (χ2n) is 7.47. The van der Waals surface area contributed by atoms with Crippen LogP contribution in [0.25, 0.3) is 6.08 Å². The zero-order chi connectivity index (χ0) is 23.2. The van der Waals surface area contributed by atoms with Gasteiger partial charge < -0.3 is 9.50 Å². The molecule has 0 saturated heterocycles. The number of benzene rings is 1. The highest BCUT2D eigenvalue weighted by molar-refractivity contribution is 7.93. The van der Waals surface area contributed by atoms with E-state index >= 15 is 0 Å². The summed E-state index contributed by atoms with van der Waals surface area (Å²) in [6.45, 7) is 1.47. The number of fused-ring (bicyclic) bond motifs is 1. The minimum atomic E-state index is -0.695. The molecule has 1 aliphatic rings. The van der Waals surface area contributed by atoms with Crippen molar-refractivity contribution >= 4 is 35.8 Å². The number of aromatic nitrogens is 5. The van der Waals surface area contributed by atoms with Crippen LogP contribution >= 0.6 is 12.0 Å². The third-order valence-corrected chi connectivity index (χ3v) is 5.55. The highest BCUT2D eigenvalue weighted by Crippen LogP contribution is 2.22. The number of hydrogen-bond acceptors (Lipinski definition) is 7. The van der Waals surface area contributed by atoms with E-state index in [4.69, 9.17) is 4.18 Å². The first-order valence-electron chi connectivity index (χ1n) is 10.5. The molecule has 33 heavy (non-hydrogen) atoms. The summed E-state index contributed by atoms with van der Waals surface area (Å²) in [6.07, 6.45) is 7.50. The minimum Gasteiger partial charge on any atom is -0.337 e. The van der Waals surface area contributed by atoms with Crippen LogP contribution in [0, 0.1) is 0 Å². The molecule has 0 spiro atoms. The number of amides is 2. The molecule has 4 rings (SSSR count). The van der Waals surface area contributed by atoms with Gasteiger partial charge in [0.05, 0.1) is 18.8 Å². The van der Waals surface area contributed by atoms with Crippen molar-refractivity contribution in [3.63, 3.8) is 0 Å². The van der Waals surface area contributed by atoms with Crippen molar-refractivity contribution in [1.82, 2.24) is 29.9 Å². The first-order chi connectivity index (χ1) is 16.0. The fraction of sp³-hybridized carbons (Fsp3) is 0.318. The van der Waals surface area contributed by atoms with Gasteiger partial charge in [0.25, 0.3) is 11.8 Å². The lowest BCUT2D eigenvalue weighted by Gasteiger charge is -2.19. The Morgan fingerprint density at radius 3 is 2.91 bits per heavy atom. The van der Waals surface area contributed by atoms with Gasteiger partial charge in [-0.2, -0.15) is 5.10 Å². The van der Waals surface area contributed by atoms with Gasteiger partial charge in [0.2, 0.25) is 5.82 Å². The van der Waals surface area contributed by atoms with Gasteiger partial charge in [0, 0.05) is 25.9 Å². The van der Waals surface area contributed by atoms with Gasteiger partial charge in [-0.25, -0.2) is 14.3 Å². The van der Waals surface area contributed by atoms with E-state index in [0.29, 0.717) is 31.9 Å². The van der Waals surface area contributed by atoms with Gasteiger partial charge in [-0.05, 0) is 30.1 Å². The molecule has 0 saturated carbocycles. The lowest BCUT2D eigenvalue weighted by Crippen LogP contribution is -2.47. The molecule has 10 nitrogen and oxygen atoms in total. The molecule has 3 aromatic rings. The molecule has 0 aliphatic carbocycles. The molecular weight excluding hydrogens is 442 g/mol. The van der Waals surface area contributed by atoms with E-state index < -0.39 is 11.9 Å². The summed E-state index contributed by atoms with van der Waals surface area (Å²) in [5.41, 5.74) is 1.79. The molecule has 1 aromatic carbocycles. The molecule has 0 radical (unpaired) electrons. The van der Waals surface area contributed by atoms with Crippen LogP contribution in [0.15, 0.2) is 48.8 Å². The Morgan fingerprint density at radius 1 is 1.30 bits per heavy atom. The maximum absolute atomic E-state index is 13.0. The number of likely N-dealkylation sites (N-methyl/N-ethyl adjacent to an activating group) is 1. The molecule has 0 bridgehead atoms. The van der Waals surface area contributed by atoms with Crippen LogP contribution in [0.3, 0.4) is 0 Å². The Labute approximate surface area is 195 Å². The number of nitrogens with zero attached hydrogens (tertiary/aromatic N) is 6. The lowest BCUT2D eigenvalue weighted by atomic mass is 10.2. The Kier molecular flexibility index (Phi) is 7.20. The van der Waals surface area contributed by atoms with Gasteiger partial charge in [0.15, 0.2) is 0 Å². The van der Waals surface area contributed by atoms with E-state index in [9.17, 15) is 9.59 Å². The molecule has 1 unspecified atom stereocenters. The minimum absolute atomic E-state index is 0.0308. The molecule has 1 aliphatic heterocycles. The fourth-order valence-electron chi connectivity index (χ4n) is 3.54. The first-order valence-corrected chi connectivity index (χ1v) is 11.6. The standard InChI is InChI=1S/C22H25N7O3S/c1-27-19-13-17(9-6-12-32-33-2)25-29(19)11-10-18(22(27)31)24-21(30)20-23-15-28(26-20)14-16-7-4-3-5-8-16/h3-9,13,15,18H,10-12,14H2,1-2H3,(H,24,30)/b9-6+. The number of hydrogen-bond donors (Lipinski definition) is 1. The normalized spacial score (nSPS) is 16.1. The number of rotatable bonds is 8. The zero-order valence-electron chi connectivity index (χ0n) is 18.4. The van der Waals surface area contributed by atoms with Crippen LogP contribution in [0.1, 0.15) is 28.3 Å². The number of aryl methyl sites for hydroxylation is 1. The van der Waals surface area contributed by atoms with E-state index in [-0.39, 0.29) is 11.7 Å². The summed E-state index contributed by atoms with van der Waals surface area (Å²) in [5, 5.41) is 11.6. The zero-order valence-corrected chi connectivity index (χ0v) is 19.2. The van der Waals surface area contributed by atoms with Crippen molar-refractivity contribution in [2.24, 2.45) is 0 Å². The smallest absolute Gasteiger partial charge is 0.291 e. The van der Waals surface area contributed by atoms with Crippen LogP contribution in [0.2, 0.25) is 0 Å². The summed E-state index contributed by atoms with van der Waals surface area (Å²) in [7, 11) is 1.68. The van der Waals surface area contributed by atoms with Crippen molar-refractivity contribution in [3.05, 3.63) is 65.9 Å². The summed E-state index contributed by atoms with van der Waals surface area (Å²) >= 11 is 1.30. The summed E-state index contributed by atoms with van der Waals surface area (Å²) in [5.74, 6) is 0.00758. The molecule has 1 N–H and O–H groups in total. The topological polar surface area (TPSA) is 107 Å². The SMILES string of the molecule is CSOC/C=C/c1cc2n(n1)CCC(NC(=O)c1ncn(Cc3ccccc3)n1)C(=O)N2C. The Balaban J connectivity index is 1.39. The maximum Gasteiger partial charge on any atom is 0.291 e. The van der Waals surface area contributed by atoms with E-state index in [1.807, 2.05) is 54.8 Å². The van der Waals surface area contributed by atoms with E-state index in [1.165, 1.54) is 23.3 Å². The van der Waals surface area contributed by atoms with E-state index in [0.717, 1.165) is 11.3 Å². The second kappa shape index (κ2) is 10.5. The van der Waals surface area contributed by atoms with E-state index in [2.05, 4.69) is 20.5 Å². The van der Waals surface area contributed by atoms with Crippen LogP contribution < -0.4 is 10.2 Å². The Morgan fingerprint density at radius 2 is 2.12 bits per heavy atom. The van der Waals surface area contributed by atoms with E-state index in [1.54, 1.807) is 16.4 Å². The van der Waals surface area contributed by atoms with Crippen LogP contribution in [-0.4, -0.2) is 62.3 Å². The van der Waals surface area contributed by atoms with Crippen LogP contribution in [0.5, 0.6) is 0 Å². The number of nitrogens with one attached hydrogen (secondary N) is 1. The second-order valence-corrected chi connectivity index (χ2v) is 8.04. The maximum atomic E-state index is 13.0. The molecular formula is C22H25N7O3S. The predicted octanol–water partition coefficient (Wildman–Crippen LogP) is 2.00. The van der Waals surface area contributed by atoms with Gasteiger partial charge in [-0.1, -0.05) is 36.4 Å². The lowest BCUT2D eigenvalue weighted by molar-refractivity contribution is -0.120. The molecule has 1 atom stereocenters. The van der Waals surface area contributed by atoms with Crippen LogP contribution in [0.4, 0.5) is 5.82 Å². The van der Waals surface area contributed by atoms with Crippen molar-refractivity contribution in [3.8, 4) is 0 Å². The summed E-state index contributed by atoms with van der Waals surface area (Å²) < 4.78 is 8.58. The predicted molar refractivity (Wildman–Crippen MR) is 126 cm³/mol. The van der Waals surface area contributed by atoms with Gasteiger partial charge >= 0.3 is 0 Å². The quantitative estimate of drug-likeness (QED) is 0.399. The largest absolute Gasteiger partial charge is 0.337 e. The third kappa shape index (κ3) is 5.49. The molecule has 2 aromatic heterocycles. The molecule has 172 valence electrons. The highest BCUT2D eigenvalue weighted by Gasteiger charge is 2.31. The third-order valence-electron chi connectivity index (χ3n) is 5.18. The van der Waals surface area contributed by atoms with Crippen molar-refractivity contribution in [1.29, 1.82) is 0 Å². The Bertz CT molecular complexity index is 1140. The molecule has 3 heterocycles.